The van der Waals surface area contributed by atoms with Gasteiger partial charge in [0.05, 0.1) is 12.6 Å². The lowest BCUT2D eigenvalue weighted by Crippen LogP contribution is -2.73. The van der Waals surface area contributed by atoms with Crippen LogP contribution < -0.4 is 16.7 Å². The molecule has 0 bridgehead atoms. The molecule has 1 saturated heterocycles. The molecule has 0 aromatic carbocycles. The number of imidazole rings is 1. The zero-order valence-corrected chi connectivity index (χ0v) is 19.2. The largest absolute Gasteiger partial charge is 0.478 e. The van der Waals surface area contributed by atoms with Crippen LogP contribution in [0.1, 0.15) is 19.5 Å². The molecule has 2 amide bonds. The molecule has 1 fully saturated rings. The molecule has 2 aromatic heterocycles. The van der Waals surface area contributed by atoms with E-state index < -0.39 is 63.7 Å². The minimum Gasteiger partial charge on any atom is -0.478 e. The Labute approximate surface area is 194 Å². The van der Waals surface area contributed by atoms with Gasteiger partial charge in [-0.1, -0.05) is 5.16 Å². The van der Waals surface area contributed by atoms with Gasteiger partial charge in [-0.15, -0.1) is 11.3 Å². The van der Waals surface area contributed by atoms with E-state index in [4.69, 9.17) is 10.6 Å². The summed E-state index contributed by atoms with van der Waals surface area (Å²) in [6.07, 6.45) is 2.55. The van der Waals surface area contributed by atoms with Gasteiger partial charge in [-0.3, -0.25) is 18.7 Å². The number of aliphatic carboxylic acids is 1. The number of thiazole rings is 1. The second-order valence-electron chi connectivity index (χ2n) is 7.47. The van der Waals surface area contributed by atoms with Gasteiger partial charge in [0.25, 0.3) is 11.8 Å². The van der Waals surface area contributed by atoms with Crippen LogP contribution in [0.4, 0.5) is 5.13 Å². The number of β-lactam (4-membered cyclic amide) rings is 1. The molecule has 3 rings (SSSR count). The number of aromatic nitrogens is 3. The highest BCUT2D eigenvalue weighted by Crippen LogP contribution is 2.25. The minimum atomic E-state index is -5.00. The van der Waals surface area contributed by atoms with Gasteiger partial charge in [-0.05, 0) is 13.8 Å². The Morgan fingerprint density at radius 3 is 2.59 bits per heavy atom. The Morgan fingerprint density at radius 2 is 2.09 bits per heavy atom. The molecule has 0 aliphatic carbocycles. The Balaban J connectivity index is 1.90. The van der Waals surface area contributed by atoms with Crippen LogP contribution >= 0.6 is 11.3 Å². The predicted octanol–water partition coefficient (Wildman–Crippen LogP) is -2.00. The van der Waals surface area contributed by atoms with Crippen LogP contribution in [-0.4, -0.2) is 78.1 Å². The van der Waals surface area contributed by atoms with Crippen LogP contribution in [0.2, 0.25) is 0 Å². The van der Waals surface area contributed by atoms with E-state index in [0.29, 0.717) is 0 Å². The average molecular weight is 518 g/mol. The average Bonchev–Trinajstić information content (AvgIpc) is 3.32. The van der Waals surface area contributed by atoms with E-state index in [1.807, 2.05) is 0 Å². The number of carboxylic acids is 1. The number of H-pyrrole nitrogens is 1. The molecule has 18 heteroatoms. The number of anilines is 1. The van der Waals surface area contributed by atoms with Crippen LogP contribution in [0.5, 0.6) is 0 Å². The number of carboxylic acid groups (broad SMARTS) is 1. The van der Waals surface area contributed by atoms with Crippen LogP contribution in [0.25, 0.3) is 0 Å². The molecule has 0 spiro atoms. The SMILES string of the molecule is CC(C)(ON=C(C(=O)NC1C(=O)N(S(=O)(=O)O)C1Cn1cc[nH]c1=O)c1csc(N)n1)C(=O)O. The molecule has 184 valence electrons. The van der Waals surface area contributed by atoms with E-state index in [-0.39, 0.29) is 15.1 Å². The third-order valence-corrected chi connectivity index (χ3v) is 6.29. The maximum atomic E-state index is 13.0. The van der Waals surface area contributed by atoms with Crippen molar-refractivity contribution in [3.63, 3.8) is 0 Å². The van der Waals surface area contributed by atoms with E-state index in [1.165, 1.54) is 31.6 Å². The van der Waals surface area contributed by atoms with Crippen LogP contribution in [-0.2, 0) is 36.1 Å². The second kappa shape index (κ2) is 8.88. The summed E-state index contributed by atoms with van der Waals surface area (Å²) < 4.78 is 33.8. The van der Waals surface area contributed by atoms with E-state index in [9.17, 15) is 37.3 Å². The summed E-state index contributed by atoms with van der Waals surface area (Å²) in [7, 11) is -5.00. The van der Waals surface area contributed by atoms with Gasteiger partial charge in [-0.25, -0.2) is 18.9 Å². The molecule has 34 heavy (non-hydrogen) atoms. The van der Waals surface area contributed by atoms with E-state index >= 15 is 0 Å². The van der Waals surface area contributed by atoms with Crippen molar-refractivity contribution < 1.29 is 37.3 Å². The normalized spacial score (nSPS) is 19.0. The van der Waals surface area contributed by atoms with Crippen molar-refractivity contribution in [1.29, 1.82) is 0 Å². The Hall–Kier alpha value is -3.77. The number of hydrogen-bond donors (Lipinski definition) is 5. The van der Waals surface area contributed by atoms with Crippen molar-refractivity contribution in [3.05, 3.63) is 34.0 Å². The lowest BCUT2D eigenvalue weighted by molar-refractivity contribution is -0.161. The monoisotopic (exact) mass is 517 g/mol. The third kappa shape index (κ3) is 4.92. The van der Waals surface area contributed by atoms with E-state index in [2.05, 4.69) is 20.4 Å². The summed E-state index contributed by atoms with van der Waals surface area (Å²) in [5.41, 5.74) is 2.48. The number of nitrogen functional groups attached to an aromatic ring is 1. The van der Waals surface area contributed by atoms with Crippen LogP contribution in [0.3, 0.4) is 0 Å². The number of aromatic amines is 1. The topological polar surface area (TPSA) is 239 Å². The van der Waals surface area contributed by atoms with Gasteiger partial charge in [0, 0.05) is 17.8 Å². The van der Waals surface area contributed by atoms with E-state index in [0.717, 1.165) is 15.9 Å². The first-order chi connectivity index (χ1) is 15.7. The summed E-state index contributed by atoms with van der Waals surface area (Å²) in [6, 6.07) is -2.86. The molecule has 2 atom stereocenters. The predicted molar refractivity (Wildman–Crippen MR) is 115 cm³/mol. The number of nitrogens with two attached hydrogens (primary N) is 1. The molecule has 0 saturated carbocycles. The number of nitrogens with zero attached hydrogens (tertiary/aromatic N) is 4. The summed E-state index contributed by atoms with van der Waals surface area (Å²) in [4.78, 5) is 59.7. The number of nitrogens with one attached hydrogen (secondary N) is 2. The molecule has 16 nitrogen and oxygen atoms in total. The highest BCUT2D eigenvalue weighted by Gasteiger charge is 2.54. The molecule has 3 heterocycles. The maximum Gasteiger partial charge on any atom is 0.362 e. The quantitative estimate of drug-likeness (QED) is 0.105. The maximum absolute atomic E-state index is 13.0. The second-order valence-corrected chi connectivity index (χ2v) is 9.64. The van der Waals surface area contributed by atoms with Gasteiger partial charge < -0.3 is 26.0 Å². The zero-order chi connectivity index (χ0) is 25.4. The van der Waals surface area contributed by atoms with Gasteiger partial charge in [0.2, 0.25) is 5.60 Å². The number of amides is 2. The molecule has 6 N–H and O–H groups in total. The number of rotatable bonds is 9. The van der Waals surface area contributed by atoms with Gasteiger partial charge in [0.1, 0.15) is 11.7 Å². The van der Waals surface area contributed by atoms with Crippen molar-refractivity contribution in [2.24, 2.45) is 5.16 Å². The number of carbonyl (C=O) groups excluding carboxylic acids is 2. The fourth-order valence-electron chi connectivity index (χ4n) is 2.84. The molecule has 1 aliphatic heterocycles. The lowest BCUT2D eigenvalue weighted by Gasteiger charge is -2.44. The molecule has 1 aliphatic rings. The van der Waals surface area contributed by atoms with Crippen molar-refractivity contribution in [2.75, 3.05) is 5.73 Å². The summed E-state index contributed by atoms with van der Waals surface area (Å²) >= 11 is 0.943. The third-order valence-electron chi connectivity index (χ3n) is 4.67. The highest BCUT2D eigenvalue weighted by atomic mass is 32.2. The van der Waals surface area contributed by atoms with Crippen molar-refractivity contribution >= 4 is 50.3 Å². The first-order valence-corrected chi connectivity index (χ1v) is 11.6. The number of hydrogen-bond acceptors (Lipinski definition) is 11. The van der Waals surface area contributed by atoms with E-state index in [1.54, 1.807) is 0 Å². The first-order valence-electron chi connectivity index (χ1n) is 9.28. The summed E-state index contributed by atoms with van der Waals surface area (Å²) in [6.45, 7) is 1.96. The lowest BCUT2D eigenvalue weighted by atomic mass is 9.98. The van der Waals surface area contributed by atoms with Gasteiger partial charge in [-0.2, -0.15) is 8.42 Å². The Bertz CT molecular complexity index is 1320. The number of carbonyl (C=O) groups is 3. The van der Waals surface area contributed by atoms with Crippen LogP contribution in [0.15, 0.2) is 27.7 Å². The van der Waals surface area contributed by atoms with Crippen LogP contribution in [0, 0.1) is 0 Å². The Kier molecular flexibility index (Phi) is 6.49. The van der Waals surface area contributed by atoms with Gasteiger partial charge >= 0.3 is 22.0 Å². The van der Waals surface area contributed by atoms with Crippen molar-refractivity contribution in [1.82, 2.24) is 24.2 Å². The van der Waals surface area contributed by atoms with Crippen molar-refractivity contribution in [2.45, 2.75) is 38.1 Å². The smallest absolute Gasteiger partial charge is 0.362 e. The summed E-state index contributed by atoms with van der Waals surface area (Å²) in [5, 5.41) is 16.4. The molecular formula is C16H19N7O9S2. The van der Waals surface area contributed by atoms with Crippen molar-refractivity contribution in [3.8, 4) is 0 Å². The first kappa shape index (κ1) is 24.9. The fraction of sp³-hybridized carbons (Fsp3) is 0.375. The minimum absolute atomic E-state index is 0.0509. The summed E-state index contributed by atoms with van der Waals surface area (Å²) in [5.74, 6) is -3.64. The molecule has 2 aromatic rings. The standard InChI is InChI=1S/C16H19N7O9S2/c1-16(2,13(26)27)32-21-9(7-6-33-14(17)19-7)11(24)20-10-8(5-22-4-3-18-15(22)28)23(12(10)25)34(29,30)31/h3-4,6,8,10H,5H2,1-2H3,(H2,17,19)(H,18,28)(H,20,24)(H,26,27)(H,29,30,31). The highest BCUT2D eigenvalue weighted by molar-refractivity contribution is 7.84. The molecular weight excluding hydrogens is 498 g/mol. The van der Waals surface area contributed by atoms with Gasteiger partial charge in [0.15, 0.2) is 10.8 Å². The fourth-order valence-corrected chi connectivity index (χ4v) is 4.26. The zero-order valence-electron chi connectivity index (χ0n) is 17.5. The number of oxime groups is 1. The molecule has 2 unspecified atom stereocenters. The molecule has 0 radical (unpaired) electrons. The Morgan fingerprint density at radius 1 is 1.41 bits per heavy atom.